The van der Waals surface area contributed by atoms with Crippen molar-refractivity contribution in [1.29, 1.82) is 0 Å². The van der Waals surface area contributed by atoms with Crippen LogP contribution in [0.4, 0.5) is 0 Å². The number of nitrogens with one attached hydrogen (secondary N) is 1. The molecule has 0 radical (unpaired) electrons. The minimum Gasteiger partial charge on any atom is -0.311 e. The summed E-state index contributed by atoms with van der Waals surface area (Å²) >= 11 is 0. The van der Waals surface area contributed by atoms with Crippen molar-refractivity contribution < 1.29 is 0 Å². The van der Waals surface area contributed by atoms with Crippen LogP contribution in [0.25, 0.3) is 0 Å². The summed E-state index contributed by atoms with van der Waals surface area (Å²) in [6.07, 6.45) is 14.7. The summed E-state index contributed by atoms with van der Waals surface area (Å²) in [5.74, 6) is 1.94. The third-order valence-electron chi connectivity index (χ3n) is 6.20. The van der Waals surface area contributed by atoms with Gasteiger partial charge in [-0.3, -0.25) is 4.90 Å². The zero-order valence-corrected chi connectivity index (χ0v) is 13.4. The Bertz CT molecular complexity index is 285. The van der Waals surface area contributed by atoms with Gasteiger partial charge >= 0.3 is 0 Å². The van der Waals surface area contributed by atoms with Gasteiger partial charge in [-0.25, -0.2) is 0 Å². The first-order valence-corrected chi connectivity index (χ1v) is 9.30. The van der Waals surface area contributed by atoms with E-state index in [4.69, 9.17) is 0 Å². The van der Waals surface area contributed by atoms with Gasteiger partial charge in [0, 0.05) is 31.7 Å². The van der Waals surface area contributed by atoms with Crippen LogP contribution in [0.1, 0.15) is 71.1 Å². The van der Waals surface area contributed by atoms with Crippen molar-refractivity contribution in [2.75, 3.05) is 19.6 Å². The molecule has 3 fully saturated rings. The summed E-state index contributed by atoms with van der Waals surface area (Å²) in [6, 6.07) is 1.69. The molecule has 20 heavy (non-hydrogen) atoms. The maximum absolute atomic E-state index is 3.84. The standard InChI is InChI=1S/C18H34N2/c1-15-6-5-9-17(11-10-15)20-13-12-19-18(14-20)16-7-3-2-4-8-16/h15-19H,2-14H2,1H3. The molecule has 2 aliphatic carbocycles. The molecule has 1 heterocycles. The Morgan fingerprint density at radius 3 is 2.55 bits per heavy atom. The second-order valence-corrected chi connectivity index (χ2v) is 7.72. The van der Waals surface area contributed by atoms with Crippen LogP contribution < -0.4 is 5.32 Å². The summed E-state index contributed by atoms with van der Waals surface area (Å²) < 4.78 is 0. The summed E-state index contributed by atoms with van der Waals surface area (Å²) in [6.45, 7) is 6.31. The van der Waals surface area contributed by atoms with Crippen LogP contribution in [-0.4, -0.2) is 36.6 Å². The number of rotatable bonds is 2. The van der Waals surface area contributed by atoms with E-state index >= 15 is 0 Å². The number of hydrogen-bond acceptors (Lipinski definition) is 2. The quantitative estimate of drug-likeness (QED) is 0.773. The van der Waals surface area contributed by atoms with Crippen LogP contribution >= 0.6 is 0 Å². The predicted molar refractivity (Wildman–Crippen MR) is 86.0 cm³/mol. The van der Waals surface area contributed by atoms with Crippen LogP contribution in [0.2, 0.25) is 0 Å². The monoisotopic (exact) mass is 278 g/mol. The maximum atomic E-state index is 3.84. The summed E-state index contributed by atoms with van der Waals surface area (Å²) in [5, 5.41) is 3.84. The molecule has 2 saturated carbocycles. The van der Waals surface area contributed by atoms with E-state index in [-0.39, 0.29) is 0 Å². The summed E-state index contributed by atoms with van der Waals surface area (Å²) in [7, 11) is 0. The van der Waals surface area contributed by atoms with Crippen molar-refractivity contribution in [3.05, 3.63) is 0 Å². The molecule has 1 aliphatic heterocycles. The van der Waals surface area contributed by atoms with Crippen LogP contribution in [0.3, 0.4) is 0 Å². The Hall–Kier alpha value is -0.0800. The van der Waals surface area contributed by atoms with E-state index in [1.807, 2.05) is 0 Å². The van der Waals surface area contributed by atoms with Crippen LogP contribution in [-0.2, 0) is 0 Å². The van der Waals surface area contributed by atoms with Gasteiger partial charge in [0.15, 0.2) is 0 Å². The second kappa shape index (κ2) is 7.26. The first kappa shape index (κ1) is 14.8. The lowest BCUT2D eigenvalue weighted by atomic mass is 9.83. The first-order chi connectivity index (χ1) is 9.83. The fourth-order valence-corrected chi connectivity index (χ4v) is 4.82. The van der Waals surface area contributed by atoms with Crippen molar-refractivity contribution in [2.45, 2.75) is 83.2 Å². The number of nitrogens with zero attached hydrogens (tertiary/aromatic N) is 1. The molecule has 2 heteroatoms. The zero-order valence-electron chi connectivity index (χ0n) is 13.4. The molecular weight excluding hydrogens is 244 g/mol. The van der Waals surface area contributed by atoms with E-state index in [9.17, 15) is 0 Å². The fourth-order valence-electron chi connectivity index (χ4n) is 4.82. The lowest BCUT2D eigenvalue weighted by Gasteiger charge is -2.42. The third kappa shape index (κ3) is 3.76. The highest BCUT2D eigenvalue weighted by atomic mass is 15.2. The van der Waals surface area contributed by atoms with Crippen molar-refractivity contribution in [1.82, 2.24) is 10.2 Å². The molecule has 3 aliphatic rings. The van der Waals surface area contributed by atoms with Gasteiger partial charge in [-0.1, -0.05) is 39.0 Å². The molecule has 0 aromatic carbocycles. The van der Waals surface area contributed by atoms with Crippen LogP contribution in [0.15, 0.2) is 0 Å². The lowest BCUT2D eigenvalue weighted by molar-refractivity contribution is 0.0997. The van der Waals surface area contributed by atoms with Gasteiger partial charge in [0.05, 0.1) is 0 Å². The lowest BCUT2D eigenvalue weighted by Crippen LogP contribution is -2.56. The van der Waals surface area contributed by atoms with E-state index < -0.39 is 0 Å². The fraction of sp³-hybridized carbons (Fsp3) is 1.00. The van der Waals surface area contributed by atoms with Crippen molar-refractivity contribution in [2.24, 2.45) is 11.8 Å². The Morgan fingerprint density at radius 2 is 1.70 bits per heavy atom. The molecule has 0 amide bonds. The largest absolute Gasteiger partial charge is 0.311 e. The Kier molecular flexibility index (Phi) is 5.39. The average molecular weight is 278 g/mol. The Morgan fingerprint density at radius 1 is 0.850 bits per heavy atom. The SMILES string of the molecule is CC1CCCC(N2CCNC(C3CCCCC3)C2)CC1. The molecule has 3 rings (SSSR count). The predicted octanol–water partition coefficient (Wildman–Crippen LogP) is 3.81. The molecule has 3 atom stereocenters. The van der Waals surface area contributed by atoms with E-state index in [0.29, 0.717) is 0 Å². The van der Waals surface area contributed by atoms with Gasteiger partial charge in [0.25, 0.3) is 0 Å². The number of piperazine rings is 1. The van der Waals surface area contributed by atoms with Gasteiger partial charge in [-0.2, -0.15) is 0 Å². The minimum atomic E-state index is 0.796. The van der Waals surface area contributed by atoms with Crippen LogP contribution in [0.5, 0.6) is 0 Å². The van der Waals surface area contributed by atoms with E-state index in [1.165, 1.54) is 83.8 Å². The Labute approximate surface area is 125 Å². The van der Waals surface area contributed by atoms with Gasteiger partial charge < -0.3 is 5.32 Å². The van der Waals surface area contributed by atoms with Gasteiger partial charge in [0.2, 0.25) is 0 Å². The molecule has 2 nitrogen and oxygen atoms in total. The Balaban J connectivity index is 1.54. The zero-order chi connectivity index (χ0) is 13.8. The average Bonchev–Trinajstić information content (AvgIpc) is 2.73. The highest BCUT2D eigenvalue weighted by molar-refractivity contribution is 4.89. The smallest absolute Gasteiger partial charge is 0.0223 e. The topological polar surface area (TPSA) is 15.3 Å². The van der Waals surface area contributed by atoms with Crippen LogP contribution in [0, 0.1) is 11.8 Å². The molecule has 116 valence electrons. The molecule has 0 aromatic heterocycles. The molecule has 1 saturated heterocycles. The maximum Gasteiger partial charge on any atom is 0.0223 e. The van der Waals surface area contributed by atoms with Gasteiger partial charge in [0.1, 0.15) is 0 Å². The summed E-state index contributed by atoms with van der Waals surface area (Å²) in [4.78, 5) is 2.85. The number of hydrogen-bond donors (Lipinski definition) is 1. The first-order valence-electron chi connectivity index (χ1n) is 9.30. The molecule has 0 aromatic rings. The van der Waals surface area contributed by atoms with E-state index in [0.717, 1.165) is 23.9 Å². The molecule has 3 unspecified atom stereocenters. The summed E-state index contributed by atoms with van der Waals surface area (Å²) in [5.41, 5.74) is 0. The molecule has 1 N–H and O–H groups in total. The molecule has 0 bridgehead atoms. The van der Waals surface area contributed by atoms with Gasteiger partial charge in [-0.05, 0) is 43.9 Å². The minimum absolute atomic E-state index is 0.796. The molecular formula is C18H34N2. The normalized spacial score (nSPS) is 38.5. The third-order valence-corrected chi connectivity index (χ3v) is 6.20. The van der Waals surface area contributed by atoms with E-state index in [2.05, 4.69) is 17.1 Å². The second-order valence-electron chi connectivity index (χ2n) is 7.72. The highest BCUT2D eigenvalue weighted by Gasteiger charge is 2.31. The van der Waals surface area contributed by atoms with E-state index in [1.54, 1.807) is 0 Å². The van der Waals surface area contributed by atoms with Crippen molar-refractivity contribution in [3.63, 3.8) is 0 Å². The van der Waals surface area contributed by atoms with Crippen molar-refractivity contribution >= 4 is 0 Å². The van der Waals surface area contributed by atoms with Gasteiger partial charge in [-0.15, -0.1) is 0 Å². The molecule has 0 spiro atoms. The van der Waals surface area contributed by atoms with Crippen molar-refractivity contribution in [3.8, 4) is 0 Å². The highest BCUT2D eigenvalue weighted by Crippen LogP contribution is 2.30.